The first-order chi connectivity index (χ1) is 27.8. The number of hydrogen-bond acceptors (Lipinski definition) is 10. The number of likely N-dealkylation sites (tertiary alicyclic amines) is 1. The van der Waals surface area contributed by atoms with Gasteiger partial charge in [-0.2, -0.15) is 0 Å². The number of hydrogen-bond donors (Lipinski definition) is 2. The number of thiazole rings is 1. The molecule has 57 heavy (non-hydrogen) atoms. The fourth-order valence-corrected chi connectivity index (χ4v) is 8.79. The molecule has 3 aliphatic heterocycles. The number of piperidine rings is 1. The Morgan fingerprint density at radius 2 is 1.81 bits per heavy atom. The second-order valence-electron chi connectivity index (χ2n) is 15.2. The maximum atomic E-state index is 13.2. The van der Waals surface area contributed by atoms with E-state index in [0.29, 0.717) is 58.0 Å². The topological polar surface area (TPSA) is 126 Å². The largest absolute Gasteiger partial charge is 0.481 e. The van der Waals surface area contributed by atoms with Crippen LogP contribution in [0.15, 0.2) is 41.8 Å². The molecule has 2 saturated heterocycles. The van der Waals surface area contributed by atoms with Crippen molar-refractivity contribution in [1.82, 2.24) is 25.0 Å². The molecule has 0 saturated carbocycles. The van der Waals surface area contributed by atoms with Gasteiger partial charge in [-0.1, -0.05) is 62.2 Å². The molecule has 14 heteroatoms. The van der Waals surface area contributed by atoms with Crippen molar-refractivity contribution in [3.05, 3.63) is 74.2 Å². The minimum absolute atomic E-state index is 0.00849. The predicted octanol–water partition coefficient (Wildman–Crippen LogP) is 6.00. The quantitative estimate of drug-likeness (QED) is 0.132. The number of nitrogens with zero attached hydrogens (tertiary/aromatic N) is 4. The van der Waals surface area contributed by atoms with E-state index >= 15 is 0 Å². The van der Waals surface area contributed by atoms with E-state index < -0.39 is 0 Å². The zero-order chi connectivity index (χ0) is 40.0. The minimum atomic E-state index is -0.314. The Morgan fingerprint density at radius 3 is 2.61 bits per heavy atom. The molecular weight excluding hydrogens is 764 g/mol. The Kier molecular flexibility index (Phi) is 16.2. The smallest absolute Gasteiger partial charge is 0.273 e. The van der Waals surface area contributed by atoms with Crippen LogP contribution in [-0.2, 0) is 44.9 Å². The second kappa shape index (κ2) is 21.4. The monoisotopic (exact) mass is 822 g/mol. The van der Waals surface area contributed by atoms with Crippen LogP contribution < -0.4 is 15.4 Å². The molecule has 1 aromatic heterocycles. The zero-order valence-corrected chi connectivity index (χ0v) is 35.2. The molecule has 2 N–H and O–H groups in total. The molecule has 0 radical (unpaired) electrons. The van der Waals surface area contributed by atoms with Gasteiger partial charge in [0, 0.05) is 49.7 Å². The summed E-state index contributed by atoms with van der Waals surface area (Å²) >= 11 is 8.50. The Labute approximate surface area is 346 Å². The molecule has 2 aromatic carbocycles. The molecule has 0 atom stereocenters. The highest BCUT2D eigenvalue weighted by Crippen LogP contribution is 2.33. The maximum Gasteiger partial charge on any atom is 0.273 e. The van der Waals surface area contributed by atoms with Gasteiger partial charge in [-0.05, 0) is 80.8 Å². The molecule has 0 bridgehead atoms. The lowest BCUT2D eigenvalue weighted by Crippen LogP contribution is -2.58. The van der Waals surface area contributed by atoms with Crippen LogP contribution in [0.1, 0.15) is 84.6 Å². The molecular formula is C43H59ClN6O6S. The first kappa shape index (κ1) is 43.0. The number of fused-ring (bicyclic) bond motifs is 1. The van der Waals surface area contributed by atoms with Crippen LogP contribution in [0.3, 0.4) is 0 Å². The molecule has 2 fully saturated rings. The molecule has 3 aliphatic rings. The summed E-state index contributed by atoms with van der Waals surface area (Å²) in [5.74, 6) is 0.766. The number of anilines is 1. The van der Waals surface area contributed by atoms with Crippen molar-refractivity contribution < 1.29 is 28.6 Å². The van der Waals surface area contributed by atoms with Gasteiger partial charge in [0.05, 0.1) is 49.1 Å². The summed E-state index contributed by atoms with van der Waals surface area (Å²) < 4.78 is 18.0. The lowest BCUT2D eigenvalue weighted by Gasteiger charge is -2.47. The van der Waals surface area contributed by atoms with Crippen molar-refractivity contribution in [1.29, 1.82) is 0 Å². The summed E-state index contributed by atoms with van der Waals surface area (Å²) in [6.45, 7) is 12.4. The first-order valence-electron chi connectivity index (χ1n) is 20.7. The number of aromatic nitrogens is 1. The molecule has 1 spiro atoms. The number of ether oxygens (including phenoxy) is 3. The van der Waals surface area contributed by atoms with Crippen LogP contribution in [0.2, 0.25) is 5.02 Å². The number of unbranched alkanes of at least 4 members (excludes halogenated alkanes) is 1. The number of carbonyl (C=O) groups is 3. The van der Waals surface area contributed by atoms with Crippen LogP contribution in [0.25, 0.3) is 0 Å². The second-order valence-corrected chi connectivity index (χ2v) is 16.6. The lowest BCUT2D eigenvalue weighted by molar-refractivity contribution is -0.132. The Bertz CT molecular complexity index is 1800. The summed E-state index contributed by atoms with van der Waals surface area (Å²) in [5.41, 5.74) is 4.18. The number of benzene rings is 2. The van der Waals surface area contributed by atoms with Crippen LogP contribution in [-0.4, -0.2) is 122 Å². The summed E-state index contributed by atoms with van der Waals surface area (Å²) in [6, 6.07) is 12.0. The first-order valence-corrected chi connectivity index (χ1v) is 22.0. The van der Waals surface area contributed by atoms with Gasteiger partial charge in [-0.25, -0.2) is 4.98 Å². The van der Waals surface area contributed by atoms with Gasteiger partial charge < -0.3 is 34.6 Å². The molecule has 310 valence electrons. The normalized spacial score (nSPS) is 16.6. The van der Waals surface area contributed by atoms with E-state index in [1.54, 1.807) is 11.3 Å². The summed E-state index contributed by atoms with van der Waals surface area (Å²) in [7, 11) is 0. The number of halogens is 1. The highest BCUT2D eigenvalue weighted by molar-refractivity contribution is 7.09. The van der Waals surface area contributed by atoms with Crippen molar-refractivity contribution in [2.24, 2.45) is 0 Å². The standard InChI is InChI=1S/C43H59ClN6O6S/c1-3-5-20-49(21-8-18-45-19-13-33-10-7-12-35-41(33)55-29-37(51)46-35)39(52)15-26-54-25-14-32-9-6-11-34(40(32)44)28-48-22-16-43(17-23-48)31-50(24-27-56-43)42(53)36-30-57-38(4-2)47-36/h6-7,9-12,30,45H,3-5,8,13-29,31H2,1-2H3,(H,46,51). The maximum absolute atomic E-state index is 13.2. The zero-order valence-electron chi connectivity index (χ0n) is 33.6. The number of amides is 3. The van der Waals surface area contributed by atoms with Gasteiger partial charge in [-0.3, -0.25) is 19.3 Å². The fourth-order valence-electron chi connectivity index (χ4n) is 7.79. The number of aryl methyl sites for hydroxylation is 1. The highest BCUT2D eigenvalue weighted by Gasteiger charge is 2.41. The Morgan fingerprint density at radius 1 is 1.02 bits per heavy atom. The van der Waals surface area contributed by atoms with Gasteiger partial charge in [-0.15, -0.1) is 11.3 Å². The molecule has 0 unspecified atom stereocenters. The van der Waals surface area contributed by atoms with Crippen LogP contribution in [0.5, 0.6) is 5.75 Å². The van der Waals surface area contributed by atoms with E-state index in [0.717, 1.165) is 122 Å². The Balaban J connectivity index is 0.874. The number of carbonyl (C=O) groups excluding carboxylic acids is 3. The summed E-state index contributed by atoms with van der Waals surface area (Å²) in [5, 5.41) is 10.0. The van der Waals surface area contributed by atoms with Gasteiger partial charge in [0.1, 0.15) is 11.4 Å². The summed E-state index contributed by atoms with van der Waals surface area (Å²) in [4.78, 5) is 48.9. The molecule has 3 amide bonds. The molecule has 0 aliphatic carbocycles. The van der Waals surface area contributed by atoms with Crippen LogP contribution in [0.4, 0.5) is 5.69 Å². The van der Waals surface area contributed by atoms with E-state index in [2.05, 4.69) is 52.6 Å². The molecule has 12 nitrogen and oxygen atoms in total. The number of rotatable bonds is 20. The fraction of sp³-hybridized carbons (Fsp3) is 0.581. The van der Waals surface area contributed by atoms with E-state index in [1.807, 2.05) is 33.4 Å². The van der Waals surface area contributed by atoms with Gasteiger partial charge in [0.2, 0.25) is 5.91 Å². The number of morpholine rings is 1. The van der Waals surface area contributed by atoms with E-state index in [4.69, 9.17) is 25.8 Å². The molecule has 6 rings (SSSR count). The van der Waals surface area contributed by atoms with Crippen molar-refractivity contribution in [2.45, 2.75) is 83.8 Å². The van der Waals surface area contributed by atoms with E-state index in [-0.39, 0.29) is 29.9 Å². The summed E-state index contributed by atoms with van der Waals surface area (Å²) in [6.07, 6.45) is 7.26. The highest BCUT2D eigenvalue weighted by atomic mass is 35.5. The molecule has 4 heterocycles. The van der Waals surface area contributed by atoms with Gasteiger partial charge in [0.25, 0.3) is 11.8 Å². The third-order valence-electron chi connectivity index (χ3n) is 11.1. The van der Waals surface area contributed by atoms with Crippen molar-refractivity contribution in [3.63, 3.8) is 0 Å². The SMILES string of the molecule is CCCCN(CCCNCCc1cccc2c1OCC(=O)N2)C(=O)CCOCCc1cccc(CN2CCC3(CC2)CN(C(=O)c2csc(CC)n2)CCO3)c1Cl. The van der Waals surface area contributed by atoms with E-state index in [9.17, 15) is 14.4 Å². The third kappa shape index (κ3) is 12.0. The average Bonchev–Trinajstić information content (AvgIpc) is 3.71. The van der Waals surface area contributed by atoms with Crippen LogP contribution in [0, 0.1) is 0 Å². The predicted molar refractivity (Wildman–Crippen MR) is 224 cm³/mol. The van der Waals surface area contributed by atoms with E-state index in [1.165, 1.54) is 0 Å². The average molecular weight is 824 g/mol. The minimum Gasteiger partial charge on any atom is -0.481 e. The lowest BCUT2D eigenvalue weighted by atomic mass is 9.89. The van der Waals surface area contributed by atoms with Crippen LogP contribution >= 0.6 is 22.9 Å². The van der Waals surface area contributed by atoms with Crippen molar-refractivity contribution in [3.8, 4) is 5.75 Å². The van der Waals surface area contributed by atoms with Crippen molar-refractivity contribution in [2.75, 3.05) is 84.1 Å². The third-order valence-corrected chi connectivity index (χ3v) is 12.6. The van der Waals surface area contributed by atoms with Gasteiger partial charge in [0.15, 0.2) is 6.61 Å². The Hall–Kier alpha value is -3.59. The van der Waals surface area contributed by atoms with Gasteiger partial charge >= 0.3 is 0 Å². The number of nitrogens with one attached hydrogen (secondary N) is 2. The van der Waals surface area contributed by atoms with Crippen molar-refractivity contribution >= 4 is 46.3 Å². The number of para-hydroxylation sites is 1. The molecule has 3 aromatic rings.